The van der Waals surface area contributed by atoms with Gasteiger partial charge in [0.25, 0.3) is 5.56 Å². The minimum atomic E-state index is -4.32. The highest BCUT2D eigenvalue weighted by Crippen LogP contribution is 2.49. The third-order valence-corrected chi connectivity index (χ3v) is 13.9. The van der Waals surface area contributed by atoms with Gasteiger partial charge in [-0.05, 0) is 37.5 Å². The summed E-state index contributed by atoms with van der Waals surface area (Å²) in [7, 11) is -6.99. The van der Waals surface area contributed by atoms with Crippen molar-refractivity contribution in [3.05, 3.63) is 79.6 Å². The molecular formula is C28H40N4O9SSi. The summed E-state index contributed by atoms with van der Waals surface area (Å²) in [6, 6.07) is 7.73. The lowest BCUT2D eigenvalue weighted by atomic mass is 9.92. The molecule has 0 unspecified atom stereocenters. The monoisotopic (exact) mass is 636 g/mol. The number of aromatic amines is 1. The largest absolute Gasteiger partial charge is 0.460 e. The second-order valence-corrected chi connectivity index (χ2v) is 18.8. The van der Waals surface area contributed by atoms with E-state index in [4.69, 9.17) is 13.9 Å². The Labute approximate surface area is 251 Å². The molecular weight excluding hydrogens is 596 g/mol. The van der Waals surface area contributed by atoms with Crippen molar-refractivity contribution in [3.63, 3.8) is 0 Å². The van der Waals surface area contributed by atoms with Gasteiger partial charge in [0, 0.05) is 18.3 Å². The number of ether oxygens (including phenoxy) is 2. The molecule has 2 aliphatic rings. The maximum absolute atomic E-state index is 13.2. The normalized spacial score (nSPS) is 25.8. The highest BCUT2D eigenvalue weighted by molar-refractivity contribution is 7.92. The zero-order chi connectivity index (χ0) is 32.0. The predicted octanol–water partition coefficient (Wildman–Crippen LogP) is 1.36. The second-order valence-electron chi connectivity index (χ2n) is 12.5. The zero-order valence-corrected chi connectivity index (χ0v) is 27.2. The molecule has 13 nitrogen and oxygen atoms in total. The SMILES string of the molecule is Cc1cn([C@@H]2O[C@@H]3CN/C(=C/S(=O)(=O)N[C@@H](C)C(=O)OCc4ccccc4)[C@]3(O)[C@H]2O[Si](C)(C)C(C)(C)C)c(=O)[nH]c1=O. The van der Waals surface area contributed by atoms with Gasteiger partial charge in [0.15, 0.2) is 20.1 Å². The van der Waals surface area contributed by atoms with Gasteiger partial charge in [0.2, 0.25) is 10.0 Å². The maximum atomic E-state index is 13.2. The average molecular weight is 637 g/mol. The number of aliphatic hydroxyl groups is 1. The number of esters is 1. The number of aromatic nitrogens is 2. The molecule has 0 aliphatic carbocycles. The number of H-pyrrole nitrogens is 1. The summed E-state index contributed by atoms with van der Waals surface area (Å²) in [5, 5.41) is 15.6. The van der Waals surface area contributed by atoms with Crippen LogP contribution in [-0.2, 0) is 35.3 Å². The summed E-state index contributed by atoms with van der Waals surface area (Å²) in [6.45, 7) is 12.8. The molecule has 0 amide bonds. The minimum absolute atomic E-state index is 0.0114. The lowest BCUT2D eigenvalue weighted by molar-refractivity contribution is -0.146. The molecule has 1 aromatic carbocycles. The van der Waals surface area contributed by atoms with E-state index in [0.717, 1.165) is 15.5 Å². The summed E-state index contributed by atoms with van der Waals surface area (Å²) in [6.07, 6.45) is -2.08. The second kappa shape index (κ2) is 11.8. The van der Waals surface area contributed by atoms with Gasteiger partial charge in [-0.15, -0.1) is 0 Å². The Morgan fingerprint density at radius 2 is 1.93 bits per heavy atom. The van der Waals surface area contributed by atoms with Crippen LogP contribution in [0.2, 0.25) is 18.1 Å². The molecule has 2 fully saturated rings. The summed E-state index contributed by atoms with van der Waals surface area (Å²) in [4.78, 5) is 39.7. The van der Waals surface area contributed by atoms with Crippen molar-refractivity contribution in [3.8, 4) is 0 Å². The fraction of sp³-hybridized carbons (Fsp3) is 0.536. The molecule has 1 aromatic heterocycles. The Bertz CT molecular complexity index is 1610. The van der Waals surface area contributed by atoms with E-state index in [0.29, 0.717) is 0 Å². The lowest BCUT2D eigenvalue weighted by Crippen LogP contribution is -2.55. The number of fused-ring (bicyclic) bond motifs is 1. The van der Waals surface area contributed by atoms with Gasteiger partial charge in [-0.1, -0.05) is 51.1 Å². The first kappa shape index (κ1) is 32.8. The van der Waals surface area contributed by atoms with E-state index in [1.54, 1.807) is 24.3 Å². The van der Waals surface area contributed by atoms with Crippen LogP contribution in [0.25, 0.3) is 0 Å². The quantitative estimate of drug-likeness (QED) is 0.232. The molecule has 2 aromatic rings. The van der Waals surface area contributed by atoms with Crippen molar-refractivity contribution in [1.29, 1.82) is 0 Å². The molecule has 0 saturated carbocycles. The fourth-order valence-corrected chi connectivity index (χ4v) is 7.24. The fourth-order valence-electron chi connectivity index (χ4n) is 4.72. The Kier molecular flexibility index (Phi) is 8.99. The van der Waals surface area contributed by atoms with Crippen LogP contribution in [0.1, 0.15) is 45.0 Å². The highest BCUT2D eigenvalue weighted by atomic mass is 32.2. The number of nitrogens with one attached hydrogen (secondary N) is 3. The summed E-state index contributed by atoms with van der Waals surface area (Å²) in [5.74, 6) is -0.780. The van der Waals surface area contributed by atoms with Crippen molar-refractivity contribution in [2.75, 3.05) is 6.54 Å². The molecule has 0 bridgehead atoms. The number of benzene rings is 1. The topological polar surface area (TPSA) is 178 Å². The Morgan fingerprint density at radius 1 is 1.28 bits per heavy atom. The van der Waals surface area contributed by atoms with Crippen molar-refractivity contribution in [2.45, 2.75) is 89.4 Å². The van der Waals surface area contributed by atoms with E-state index in [9.17, 15) is 27.9 Å². The van der Waals surface area contributed by atoms with Crippen LogP contribution < -0.4 is 21.3 Å². The molecule has 0 radical (unpaired) electrons. The van der Waals surface area contributed by atoms with Gasteiger partial charge in [0.1, 0.15) is 24.9 Å². The third kappa shape index (κ3) is 6.71. The number of hydrogen-bond donors (Lipinski definition) is 4. The van der Waals surface area contributed by atoms with Gasteiger partial charge < -0.3 is 24.3 Å². The maximum Gasteiger partial charge on any atom is 0.330 e. The molecule has 2 aliphatic heterocycles. The van der Waals surface area contributed by atoms with E-state index < -0.39 is 65.6 Å². The summed E-state index contributed by atoms with van der Waals surface area (Å²) < 4.78 is 47.9. The van der Waals surface area contributed by atoms with Crippen LogP contribution in [-0.4, -0.2) is 67.8 Å². The molecule has 236 valence electrons. The summed E-state index contributed by atoms with van der Waals surface area (Å²) in [5.41, 5.74) is -2.46. The smallest absolute Gasteiger partial charge is 0.330 e. The first-order valence-corrected chi connectivity index (χ1v) is 18.4. The van der Waals surface area contributed by atoms with Crippen LogP contribution in [0, 0.1) is 6.92 Å². The van der Waals surface area contributed by atoms with E-state index in [-0.39, 0.29) is 29.5 Å². The first-order chi connectivity index (χ1) is 19.9. The number of carbonyl (C=O) groups is 1. The minimum Gasteiger partial charge on any atom is -0.460 e. The van der Waals surface area contributed by atoms with Crippen molar-refractivity contribution >= 4 is 24.3 Å². The Morgan fingerprint density at radius 3 is 2.56 bits per heavy atom. The average Bonchev–Trinajstić information content (AvgIpc) is 3.35. The van der Waals surface area contributed by atoms with Crippen molar-refractivity contribution in [2.24, 2.45) is 0 Å². The van der Waals surface area contributed by atoms with Gasteiger partial charge in [0.05, 0.1) is 11.1 Å². The molecule has 0 spiro atoms. The Hall–Kier alpha value is -3.08. The number of nitrogens with zero attached hydrogens (tertiary/aromatic N) is 1. The van der Waals surface area contributed by atoms with Crippen LogP contribution in [0.5, 0.6) is 0 Å². The van der Waals surface area contributed by atoms with Gasteiger partial charge in [-0.3, -0.25) is 19.1 Å². The molecule has 4 N–H and O–H groups in total. The third-order valence-electron chi connectivity index (χ3n) is 8.24. The molecule has 4 rings (SSSR count). The number of rotatable bonds is 9. The number of hydrogen-bond acceptors (Lipinski definition) is 10. The number of aryl methyl sites for hydroxylation is 1. The zero-order valence-electron chi connectivity index (χ0n) is 25.3. The molecule has 2 saturated heterocycles. The first-order valence-electron chi connectivity index (χ1n) is 13.9. The van der Waals surface area contributed by atoms with Crippen molar-refractivity contribution in [1.82, 2.24) is 19.6 Å². The van der Waals surface area contributed by atoms with Crippen molar-refractivity contribution < 1.29 is 32.2 Å². The lowest BCUT2D eigenvalue weighted by Gasteiger charge is -2.42. The summed E-state index contributed by atoms with van der Waals surface area (Å²) >= 11 is 0. The molecule has 3 heterocycles. The number of sulfonamides is 1. The van der Waals surface area contributed by atoms with Gasteiger partial charge >= 0.3 is 11.7 Å². The van der Waals surface area contributed by atoms with Crippen LogP contribution in [0.4, 0.5) is 0 Å². The Balaban J connectivity index is 1.65. The highest BCUT2D eigenvalue weighted by Gasteiger charge is 2.64. The molecule has 5 atom stereocenters. The van der Waals surface area contributed by atoms with E-state index in [1.165, 1.54) is 20.0 Å². The van der Waals surface area contributed by atoms with Crippen LogP contribution >= 0.6 is 0 Å². The standard InChI is InChI=1S/C28H40N4O9SSi/c1-17-14-32(26(35)30-23(17)33)24-22(41-43(6,7)27(3,4)5)28(36)20(29-13-21(28)40-24)16-42(37,38)31-18(2)25(34)39-15-19-11-9-8-10-12-19/h8-12,14,16,18,21-22,24,29,31,36H,13,15H2,1-7H3,(H,30,33,35)/b20-16+/t18-,21+,22-,24+,28+/m0/s1. The molecule has 43 heavy (non-hydrogen) atoms. The van der Waals surface area contributed by atoms with Crippen LogP contribution in [0.3, 0.4) is 0 Å². The number of carbonyl (C=O) groups excluding carboxylic acids is 1. The predicted molar refractivity (Wildman–Crippen MR) is 161 cm³/mol. The van der Waals surface area contributed by atoms with Gasteiger partial charge in [-0.25, -0.2) is 13.2 Å². The van der Waals surface area contributed by atoms with Gasteiger partial charge in [-0.2, -0.15) is 4.72 Å². The van der Waals surface area contributed by atoms with Crippen LogP contribution in [0.15, 0.2) is 57.2 Å². The molecule has 15 heteroatoms. The van der Waals surface area contributed by atoms with E-state index >= 15 is 0 Å². The van der Waals surface area contributed by atoms with E-state index in [2.05, 4.69) is 15.0 Å². The van der Waals surface area contributed by atoms with E-state index in [1.807, 2.05) is 39.9 Å².